The fraction of sp³-hybridized carbons (Fsp3) is 1.00. The summed E-state index contributed by atoms with van der Waals surface area (Å²) in [6.07, 6.45) is 5.28. The first-order valence-electron chi connectivity index (χ1n) is 6.00. The van der Waals surface area contributed by atoms with Gasteiger partial charge in [0.05, 0.1) is 0 Å². The summed E-state index contributed by atoms with van der Waals surface area (Å²) in [5.41, 5.74) is 0. The van der Waals surface area contributed by atoms with Crippen molar-refractivity contribution in [2.45, 2.75) is 31.7 Å². The average molecular weight is 216 g/mol. The number of halogens is 2. The van der Waals surface area contributed by atoms with Crippen LogP contribution in [0.15, 0.2) is 0 Å². The van der Waals surface area contributed by atoms with Gasteiger partial charge in [-0.3, -0.25) is 13.5 Å². The van der Waals surface area contributed by atoms with Crippen molar-refractivity contribution in [1.82, 2.24) is 9.80 Å². The molecule has 1 heterocycles. The molecule has 2 aliphatic rings. The maximum absolute atomic E-state index is 12.2. The van der Waals surface area contributed by atoms with Crippen LogP contribution in [0.5, 0.6) is 0 Å². The highest BCUT2D eigenvalue weighted by atomic mass is 19.2. The summed E-state index contributed by atoms with van der Waals surface area (Å²) in [7, 11) is -2.18. The van der Waals surface area contributed by atoms with E-state index in [2.05, 4.69) is 4.90 Å². The molecule has 5 heteroatoms. The lowest BCUT2D eigenvalue weighted by atomic mass is 9.98. The third-order valence-corrected chi connectivity index (χ3v) is 3.64. The molecular weight excluding hydrogens is 197 g/mol. The first-order valence-corrected chi connectivity index (χ1v) is 6.00. The van der Waals surface area contributed by atoms with E-state index in [1.807, 2.05) is 4.90 Å². The fourth-order valence-corrected chi connectivity index (χ4v) is 2.78. The summed E-state index contributed by atoms with van der Waals surface area (Å²) in [5, 5.41) is 0. The van der Waals surface area contributed by atoms with E-state index in [-0.39, 0.29) is 6.44 Å². The number of hydrogen-bond acceptors (Lipinski definition) is 2. The highest BCUT2D eigenvalue weighted by Gasteiger charge is 2.27. The maximum Gasteiger partial charge on any atom is 0.551 e. The molecule has 1 aliphatic carbocycles. The molecule has 0 aromatic carbocycles. The van der Waals surface area contributed by atoms with Gasteiger partial charge in [-0.25, -0.2) is 0 Å². The minimum atomic E-state index is -2.18. The number of piperazine rings is 1. The minimum absolute atomic E-state index is 0.0431. The van der Waals surface area contributed by atoms with Crippen molar-refractivity contribution in [2.75, 3.05) is 32.6 Å². The SMILES string of the molecule is FB(F)CN1CCN(C2CCCC2)CC1. The van der Waals surface area contributed by atoms with Gasteiger partial charge < -0.3 is 4.90 Å². The smallest absolute Gasteiger partial charge is 0.302 e. The average Bonchev–Trinajstić information content (AvgIpc) is 2.71. The second kappa shape index (κ2) is 5.26. The zero-order valence-corrected chi connectivity index (χ0v) is 9.17. The molecule has 86 valence electrons. The zero-order valence-electron chi connectivity index (χ0n) is 9.17. The van der Waals surface area contributed by atoms with Gasteiger partial charge in [0, 0.05) is 38.7 Å². The van der Waals surface area contributed by atoms with Crippen LogP contribution in [0, 0.1) is 0 Å². The molecule has 15 heavy (non-hydrogen) atoms. The fourth-order valence-electron chi connectivity index (χ4n) is 2.78. The molecule has 2 nitrogen and oxygen atoms in total. The monoisotopic (exact) mass is 216 g/mol. The van der Waals surface area contributed by atoms with Crippen LogP contribution in [-0.2, 0) is 0 Å². The van der Waals surface area contributed by atoms with Gasteiger partial charge in [0.15, 0.2) is 0 Å². The molecule has 1 aliphatic heterocycles. The largest absolute Gasteiger partial charge is 0.551 e. The van der Waals surface area contributed by atoms with Crippen molar-refractivity contribution >= 4 is 7.27 Å². The summed E-state index contributed by atoms with van der Waals surface area (Å²) in [5.74, 6) is 0. The van der Waals surface area contributed by atoms with Crippen LogP contribution in [0.3, 0.4) is 0 Å². The Hall–Kier alpha value is -0.155. The molecule has 1 saturated carbocycles. The van der Waals surface area contributed by atoms with Crippen LogP contribution in [0.2, 0.25) is 0 Å². The molecule has 0 atom stereocenters. The van der Waals surface area contributed by atoms with Crippen LogP contribution >= 0.6 is 0 Å². The van der Waals surface area contributed by atoms with E-state index in [4.69, 9.17) is 0 Å². The van der Waals surface area contributed by atoms with Crippen LogP contribution in [0.25, 0.3) is 0 Å². The highest BCUT2D eigenvalue weighted by Crippen LogP contribution is 2.24. The Bertz CT molecular complexity index is 190. The molecule has 2 rings (SSSR count). The second-order valence-electron chi connectivity index (χ2n) is 4.67. The summed E-state index contributed by atoms with van der Waals surface area (Å²) in [4.78, 5) is 4.38. The van der Waals surface area contributed by atoms with Crippen molar-refractivity contribution in [3.63, 3.8) is 0 Å². The van der Waals surface area contributed by atoms with Gasteiger partial charge in [-0.1, -0.05) is 12.8 Å². The van der Waals surface area contributed by atoms with E-state index in [0.717, 1.165) is 32.2 Å². The third-order valence-electron chi connectivity index (χ3n) is 3.64. The van der Waals surface area contributed by atoms with E-state index in [1.54, 1.807) is 0 Å². The van der Waals surface area contributed by atoms with Crippen molar-refractivity contribution in [2.24, 2.45) is 0 Å². The van der Waals surface area contributed by atoms with Crippen molar-refractivity contribution in [1.29, 1.82) is 0 Å². The molecule has 0 aromatic rings. The Balaban J connectivity index is 1.71. The predicted octanol–water partition coefficient (Wildman–Crippen LogP) is 1.51. The van der Waals surface area contributed by atoms with Gasteiger partial charge in [-0.05, 0) is 12.8 Å². The van der Waals surface area contributed by atoms with Crippen LogP contribution in [0.4, 0.5) is 8.63 Å². The lowest BCUT2D eigenvalue weighted by molar-refractivity contribution is 0.106. The lowest BCUT2D eigenvalue weighted by Crippen LogP contribution is -2.51. The topological polar surface area (TPSA) is 6.48 Å². The first-order chi connectivity index (χ1) is 7.25. The molecule has 0 bridgehead atoms. The summed E-state index contributed by atoms with van der Waals surface area (Å²) in [6.45, 7) is 3.61. The Labute approximate surface area is 90.8 Å². The van der Waals surface area contributed by atoms with Crippen molar-refractivity contribution in [3.8, 4) is 0 Å². The predicted molar refractivity (Wildman–Crippen MR) is 58.2 cm³/mol. The van der Waals surface area contributed by atoms with Gasteiger partial charge in [-0.2, -0.15) is 0 Å². The third kappa shape index (κ3) is 3.15. The summed E-state index contributed by atoms with van der Waals surface area (Å²) in [6, 6.07) is 0.749. The van der Waals surface area contributed by atoms with Crippen LogP contribution in [-0.4, -0.2) is 55.7 Å². The maximum atomic E-state index is 12.2. The van der Waals surface area contributed by atoms with E-state index in [1.165, 1.54) is 25.7 Å². The van der Waals surface area contributed by atoms with Gasteiger partial charge in [-0.15, -0.1) is 0 Å². The quantitative estimate of drug-likeness (QED) is 0.660. The Morgan fingerprint density at radius 1 is 1.00 bits per heavy atom. The first kappa shape index (κ1) is 11.3. The van der Waals surface area contributed by atoms with Gasteiger partial charge >= 0.3 is 7.27 Å². The normalized spacial score (nSPS) is 26.0. The molecule has 0 radical (unpaired) electrons. The minimum Gasteiger partial charge on any atom is -0.302 e. The van der Waals surface area contributed by atoms with Crippen LogP contribution in [0.1, 0.15) is 25.7 Å². The molecule has 0 aromatic heterocycles. The molecule has 0 amide bonds. The number of hydrogen-bond donors (Lipinski definition) is 0. The van der Waals surface area contributed by atoms with Gasteiger partial charge in [0.2, 0.25) is 0 Å². The summed E-state index contributed by atoms with van der Waals surface area (Å²) >= 11 is 0. The van der Waals surface area contributed by atoms with E-state index in [9.17, 15) is 8.63 Å². The Kier molecular flexibility index (Phi) is 3.97. The summed E-state index contributed by atoms with van der Waals surface area (Å²) < 4.78 is 24.3. The van der Waals surface area contributed by atoms with E-state index >= 15 is 0 Å². The van der Waals surface area contributed by atoms with Crippen molar-refractivity contribution in [3.05, 3.63) is 0 Å². The number of nitrogens with zero attached hydrogens (tertiary/aromatic N) is 2. The van der Waals surface area contributed by atoms with Gasteiger partial charge in [0.1, 0.15) is 0 Å². The van der Waals surface area contributed by atoms with E-state index in [0.29, 0.717) is 0 Å². The molecule has 0 N–H and O–H groups in total. The zero-order chi connectivity index (χ0) is 10.7. The van der Waals surface area contributed by atoms with E-state index < -0.39 is 7.27 Å². The molecule has 0 spiro atoms. The lowest BCUT2D eigenvalue weighted by Gasteiger charge is -2.37. The van der Waals surface area contributed by atoms with Crippen LogP contribution < -0.4 is 0 Å². The standard InChI is InChI=1S/C10H19BF2N2/c12-11(13)9-14-5-7-15(8-6-14)10-3-1-2-4-10/h10H,1-9H2. The molecule has 1 saturated heterocycles. The molecular formula is C10H19BF2N2. The van der Waals surface area contributed by atoms with Gasteiger partial charge in [0.25, 0.3) is 0 Å². The molecule has 0 unspecified atom stereocenters. The number of rotatable bonds is 3. The van der Waals surface area contributed by atoms with Crippen molar-refractivity contribution < 1.29 is 8.63 Å². The Morgan fingerprint density at radius 3 is 2.13 bits per heavy atom. The Morgan fingerprint density at radius 2 is 1.60 bits per heavy atom. The molecule has 2 fully saturated rings. The second-order valence-corrected chi connectivity index (χ2v) is 4.67. The highest BCUT2D eigenvalue weighted by molar-refractivity contribution is 6.42.